The molecule has 178 valence electrons. The summed E-state index contributed by atoms with van der Waals surface area (Å²) in [6.07, 6.45) is 3.25. The average Bonchev–Trinajstić information content (AvgIpc) is 3.55. The highest BCUT2D eigenvalue weighted by molar-refractivity contribution is 7.13. The summed E-state index contributed by atoms with van der Waals surface area (Å²) in [4.78, 5) is 38.7. The summed E-state index contributed by atoms with van der Waals surface area (Å²) in [5.74, 6) is -0.227. The number of halogens is 1. The number of rotatable bonds is 4. The van der Waals surface area contributed by atoms with Crippen LogP contribution < -0.4 is 0 Å². The minimum Gasteiger partial charge on any atom is -0.335 e. The molecule has 0 spiro atoms. The Bertz CT molecular complexity index is 1380. The van der Waals surface area contributed by atoms with Gasteiger partial charge in [-0.3, -0.25) is 9.59 Å². The lowest BCUT2D eigenvalue weighted by atomic mass is 9.97. The largest absolute Gasteiger partial charge is 0.335 e. The number of hydrogen-bond donors (Lipinski definition) is 0. The monoisotopic (exact) mass is 506 g/mol. The molecule has 1 aliphatic rings. The number of benzene rings is 2. The van der Waals surface area contributed by atoms with Gasteiger partial charge in [0.05, 0.1) is 11.2 Å². The zero-order valence-corrected chi connectivity index (χ0v) is 20.8. The second-order valence-electron chi connectivity index (χ2n) is 8.91. The fourth-order valence-corrected chi connectivity index (χ4v) is 5.08. The van der Waals surface area contributed by atoms with Gasteiger partial charge in [0, 0.05) is 47.4 Å². The molecule has 0 bridgehead atoms. The van der Waals surface area contributed by atoms with E-state index in [4.69, 9.17) is 11.6 Å². The Morgan fingerprint density at radius 1 is 1.03 bits per heavy atom. The van der Waals surface area contributed by atoms with Gasteiger partial charge < -0.3 is 9.80 Å². The fourth-order valence-electron chi connectivity index (χ4n) is 4.26. The van der Waals surface area contributed by atoms with E-state index >= 15 is 0 Å². The number of carbonyl (C=O) groups is 2. The molecule has 4 aromatic rings. The standard InChI is InChI=1S/C25H23ClN6O2S/c1-25(2)15-30(23(33)18-6-3-5-17(13-18)22-27-9-12-35-22)10-11-31(25)24(34)21-28-16-32(29-21)20-8-4-7-19(26)14-20/h3-9,12-14,16H,10-11,15H2,1-2H3. The van der Waals surface area contributed by atoms with Crippen LogP contribution in [-0.4, -0.2) is 66.5 Å². The molecule has 1 saturated heterocycles. The van der Waals surface area contributed by atoms with E-state index in [-0.39, 0.29) is 17.6 Å². The maximum absolute atomic E-state index is 13.3. The summed E-state index contributed by atoms with van der Waals surface area (Å²) in [5.41, 5.74) is 1.65. The van der Waals surface area contributed by atoms with Crippen LogP contribution in [0.3, 0.4) is 0 Å². The predicted octanol–water partition coefficient (Wildman–Crippen LogP) is 4.42. The lowest BCUT2D eigenvalue weighted by Gasteiger charge is -2.46. The summed E-state index contributed by atoms with van der Waals surface area (Å²) in [5, 5.41) is 7.73. The van der Waals surface area contributed by atoms with Crippen LogP contribution in [0.2, 0.25) is 5.02 Å². The van der Waals surface area contributed by atoms with E-state index in [0.717, 1.165) is 16.3 Å². The van der Waals surface area contributed by atoms with E-state index in [1.807, 2.05) is 55.6 Å². The van der Waals surface area contributed by atoms with Crippen LogP contribution in [0.4, 0.5) is 0 Å². The van der Waals surface area contributed by atoms with Crippen molar-refractivity contribution in [3.8, 4) is 16.3 Å². The molecule has 3 heterocycles. The summed E-state index contributed by atoms with van der Waals surface area (Å²) < 4.78 is 1.53. The van der Waals surface area contributed by atoms with Crippen LogP contribution in [-0.2, 0) is 0 Å². The molecule has 0 aliphatic carbocycles. The maximum atomic E-state index is 13.3. The Morgan fingerprint density at radius 2 is 1.86 bits per heavy atom. The van der Waals surface area contributed by atoms with Gasteiger partial charge in [-0.1, -0.05) is 29.8 Å². The molecular weight excluding hydrogens is 484 g/mol. The van der Waals surface area contributed by atoms with Gasteiger partial charge in [0.1, 0.15) is 11.3 Å². The Balaban J connectivity index is 1.31. The van der Waals surface area contributed by atoms with E-state index in [1.165, 1.54) is 22.3 Å². The van der Waals surface area contributed by atoms with E-state index in [2.05, 4.69) is 15.1 Å². The third kappa shape index (κ3) is 4.69. The molecule has 10 heteroatoms. The van der Waals surface area contributed by atoms with Crippen LogP contribution in [0.25, 0.3) is 16.3 Å². The zero-order valence-electron chi connectivity index (χ0n) is 19.3. The molecule has 2 amide bonds. The topological polar surface area (TPSA) is 84.2 Å². The smallest absolute Gasteiger partial charge is 0.294 e. The first kappa shape index (κ1) is 23.2. The first-order valence-electron chi connectivity index (χ1n) is 11.1. The first-order chi connectivity index (χ1) is 16.8. The Morgan fingerprint density at radius 3 is 2.60 bits per heavy atom. The number of nitrogens with zero attached hydrogens (tertiary/aromatic N) is 6. The van der Waals surface area contributed by atoms with Crippen molar-refractivity contribution in [3.05, 3.63) is 82.8 Å². The second-order valence-corrected chi connectivity index (χ2v) is 10.2. The lowest BCUT2D eigenvalue weighted by molar-refractivity contribution is 0.0160. The fraction of sp³-hybridized carbons (Fsp3) is 0.240. The van der Waals surface area contributed by atoms with Crippen molar-refractivity contribution < 1.29 is 9.59 Å². The van der Waals surface area contributed by atoms with Gasteiger partial charge in [-0.2, -0.15) is 0 Å². The molecular formula is C25H23ClN6O2S. The van der Waals surface area contributed by atoms with Gasteiger partial charge in [0.2, 0.25) is 5.82 Å². The third-order valence-electron chi connectivity index (χ3n) is 5.98. The van der Waals surface area contributed by atoms with Gasteiger partial charge in [0.25, 0.3) is 11.8 Å². The SMILES string of the molecule is CC1(C)CN(C(=O)c2cccc(-c3nccs3)c2)CCN1C(=O)c1ncn(-c2cccc(Cl)c2)n1. The first-order valence-corrected chi connectivity index (χ1v) is 12.4. The third-order valence-corrected chi connectivity index (χ3v) is 7.04. The Kier molecular flexibility index (Phi) is 6.12. The molecule has 0 radical (unpaired) electrons. The van der Waals surface area contributed by atoms with E-state index in [0.29, 0.717) is 30.2 Å². The number of aromatic nitrogens is 4. The van der Waals surface area contributed by atoms with E-state index in [9.17, 15) is 9.59 Å². The Hall–Kier alpha value is -3.56. The average molecular weight is 507 g/mol. The second kappa shape index (κ2) is 9.24. The van der Waals surface area contributed by atoms with Gasteiger partial charge in [-0.05, 0) is 44.2 Å². The quantitative estimate of drug-likeness (QED) is 0.409. The van der Waals surface area contributed by atoms with E-state index in [1.54, 1.807) is 28.1 Å². The molecule has 0 saturated carbocycles. The predicted molar refractivity (Wildman–Crippen MR) is 135 cm³/mol. The molecule has 2 aromatic carbocycles. The normalized spacial score (nSPS) is 15.3. The van der Waals surface area contributed by atoms with Crippen LogP contribution in [0.15, 0.2) is 66.4 Å². The van der Waals surface area contributed by atoms with Crippen LogP contribution in [0, 0.1) is 0 Å². The summed E-state index contributed by atoms with van der Waals surface area (Å²) >= 11 is 7.60. The van der Waals surface area contributed by atoms with Crippen molar-refractivity contribution >= 4 is 34.8 Å². The highest BCUT2D eigenvalue weighted by Gasteiger charge is 2.40. The molecule has 5 rings (SSSR count). The van der Waals surface area contributed by atoms with Crippen LogP contribution in [0.1, 0.15) is 34.8 Å². The van der Waals surface area contributed by atoms with Crippen molar-refractivity contribution in [2.24, 2.45) is 0 Å². The minimum atomic E-state index is -0.598. The molecule has 1 aliphatic heterocycles. The molecule has 2 aromatic heterocycles. The minimum absolute atomic E-state index is 0.0630. The van der Waals surface area contributed by atoms with Crippen LogP contribution in [0.5, 0.6) is 0 Å². The molecule has 1 fully saturated rings. The van der Waals surface area contributed by atoms with Gasteiger partial charge in [-0.25, -0.2) is 14.6 Å². The van der Waals surface area contributed by atoms with Gasteiger partial charge in [-0.15, -0.1) is 16.4 Å². The van der Waals surface area contributed by atoms with Crippen molar-refractivity contribution in [2.75, 3.05) is 19.6 Å². The van der Waals surface area contributed by atoms with Gasteiger partial charge >= 0.3 is 0 Å². The number of amides is 2. The molecule has 35 heavy (non-hydrogen) atoms. The number of carbonyl (C=O) groups excluding carboxylic acids is 2. The Labute approximate surface area is 211 Å². The summed E-state index contributed by atoms with van der Waals surface area (Å²) in [6, 6.07) is 14.7. The molecule has 0 N–H and O–H groups in total. The number of thiazole rings is 1. The van der Waals surface area contributed by atoms with Crippen molar-refractivity contribution in [1.82, 2.24) is 29.5 Å². The maximum Gasteiger partial charge on any atom is 0.294 e. The van der Waals surface area contributed by atoms with Crippen LogP contribution >= 0.6 is 22.9 Å². The number of piperazine rings is 1. The van der Waals surface area contributed by atoms with Gasteiger partial charge in [0.15, 0.2) is 0 Å². The van der Waals surface area contributed by atoms with E-state index < -0.39 is 5.54 Å². The number of hydrogen-bond acceptors (Lipinski definition) is 6. The molecule has 0 atom stereocenters. The van der Waals surface area contributed by atoms with Crippen molar-refractivity contribution in [3.63, 3.8) is 0 Å². The molecule has 0 unspecified atom stereocenters. The summed E-state index contributed by atoms with van der Waals surface area (Å²) in [6.45, 7) is 5.10. The zero-order chi connectivity index (χ0) is 24.6. The van der Waals surface area contributed by atoms with Crippen molar-refractivity contribution in [1.29, 1.82) is 0 Å². The highest BCUT2D eigenvalue weighted by atomic mass is 35.5. The molecule has 8 nitrogen and oxygen atoms in total. The highest BCUT2D eigenvalue weighted by Crippen LogP contribution is 2.26. The lowest BCUT2D eigenvalue weighted by Crippen LogP contribution is -2.62. The summed E-state index contributed by atoms with van der Waals surface area (Å²) in [7, 11) is 0. The van der Waals surface area contributed by atoms with Crippen molar-refractivity contribution in [2.45, 2.75) is 19.4 Å².